The smallest absolute Gasteiger partial charge is 0.185 e. The van der Waals surface area contributed by atoms with Crippen molar-refractivity contribution in [3.05, 3.63) is 63.5 Å². The molecule has 30 heavy (non-hydrogen) atoms. The minimum Gasteiger partial charge on any atom is -0.348 e. The maximum absolute atomic E-state index is 13.5. The first-order chi connectivity index (χ1) is 14.3. The van der Waals surface area contributed by atoms with Crippen molar-refractivity contribution in [1.82, 2.24) is 4.98 Å². The van der Waals surface area contributed by atoms with Crippen LogP contribution in [-0.4, -0.2) is 31.7 Å². The van der Waals surface area contributed by atoms with Gasteiger partial charge in [-0.3, -0.25) is 0 Å². The van der Waals surface area contributed by atoms with Gasteiger partial charge in [-0.2, -0.15) is 0 Å². The Morgan fingerprint density at radius 1 is 1.07 bits per heavy atom. The van der Waals surface area contributed by atoms with Gasteiger partial charge >= 0.3 is 0 Å². The molecule has 1 saturated heterocycles. The van der Waals surface area contributed by atoms with Gasteiger partial charge in [0.25, 0.3) is 0 Å². The monoisotopic (exact) mass is 488 g/mol. The molecule has 0 spiro atoms. The lowest BCUT2D eigenvalue weighted by molar-refractivity contribution is 0.529. The standard InChI is InChI=1S/C20H16Cl2F2N2O2S2/c21-16-2-1-3-18(19(16)22)30(27,28)15-4-6-26(7-5-15)20-25-17(11-29-20)12-8-13(23)10-14(24)9-12/h1-3,8-11,15H,4-7H2. The number of aromatic nitrogens is 1. The number of halogens is 4. The van der Waals surface area contributed by atoms with Crippen LogP contribution in [-0.2, 0) is 9.84 Å². The molecule has 1 aromatic heterocycles. The minimum atomic E-state index is -3.61. The summed E-state index contributed by atoms with van der Waals surface area (Å²) in [4.78, 5) is 6.52. The highest BCUT2D eigenvalue weighted by molar-refractivity contribution is 7.92. The van der Waals surface area contributed by atoms with E-state index in [1.54, 1.807) is 17.5 Å². The Balaban J connectivity index is 1.49. The van der Waals surface area contributed by atoms with Gasteiger partial charge < -0.3 is 4.90 Å². The maximum atomic E-state index is 13.5. The minimum absolute atomic E-state index is 0.0495. The first kappa shape index (κ1) is 21.5. The number of rotatable bonds is 4. The van der Waals surface area contributed by atoms with Crippen molar-refractivity contribution in [3.63, 3.8) is 0 Å². The van der Waals surface area contributed by atoms with Crippen molar-refractivity contribution in [2.75, 3.05) is 18.0 Å². The van der Waals surface area contributed by atoms with Crippen molar-refractivity contribution in [1.29, 1.82) is 0 Å². The largest absolute Gasteiger partial charge is 0.348 e. The Labute approximate surface area is 187 Å². The van der Waals surface area contributed by atoms with Crippen LogP contribution in [0.4, 0.5) is 13.9 Å². The second-order valence-corrected chi connectivity index (χ2v) is 10.8. The lowest BCUT2D eigenvalue weighted by atomic mass is 10.1. The van der Waals surface area contributed by atoms with Crippen molar-refractivity contribution < 1.29 is 17.2 Å². The van der Waals surface area contributed by atoms with E-state index >= 15 is 0 Å². The molecule has 4 nitrogen and oxygen atoms in total. The van der Waals surface area contributed by atoms with Crippen LogP contribution in [0, 0.1) is 11.6 Å². The van der Waals surface area contributed by atoms with Crippen molar-refractivity contribution >= 4 is 49.5 Å². The van der Waals surface area contributed by atoms with Crippen LogP contribution in [0.25, 0.3) is 11.3 Å². The fourth-order valence-electron chi connectivity index (χ4n) is 3.48. The zero-order chi connectivity index (χ0) is 21.5. The fraction of sp³-hybridized carbons (Fsp3) is 0.250. The molecule has 0 radical (unpaired) electrons. The molecule has 10 heteroatoms. The summed E-state index contributed by atoms with van der Waals surface area (Å²) in [7, 11) is -3.61. The van der Waals surface area contributed by atoms with E-state index in [2.05, 4.69) is 4.98 Å². The number of benzene rings is 2. The van der Waals surface area contributed by atoms with Crippen LogP contribution in [0.1, 0.15) is 12.8 Å². The first-order valence-corrected chi connectivity index (χ1v) is 12.3. The Hall–Kier alpha value is -1.74. The van der Waals surface area contributed by atoms with Crippen molar-refractivity contribution in [2.45, 2.75) is 23.0 Å². The molecule has 0 unspecified atom stereocenters. The Morgan fingerprint density at radius 3 is 2.40 bits per heavy atom. The molecule has 3 aromatic rings. The molecule has 2 aromatic carbocycles. The van der Waals surface area contributed by atoms with E-state index in [4.69, 9.17) is 23.2 Å². The van der Waals surface area contributed by atoms with Crippen molar-refractivity contribution in [3.8, 4) is 11.3 Å². The quantitative estimate of drug-likeness (QED) is 0.462. The van der Waals surface area contributed by atoms with Crippen LogP contribution < -0.4 is 4.90 Å². The van der Waals surface area contributed by atoms with Gasteiger partial charge in [0, 0.05) is 30.1 Å². The molecule has 0 amide bonds. The zero-order valence-corrected chi connectivity index (χ0v) is 18.6. The van der Waals surface area contributed by atoms with Crippen LogP contribution in [0.15, 0.2) is 46.7 Å². The summed E-state index contributed by atoms with van der Waals surface area (Å²) in [6, 6.07) is 7.87. The average molecular weight is 489 g/mol. The van der Waals surface area contributed by atoms with Gasteiger partial charge in [-0.1, -0.05) is 29.3 Å². The van der Waals surface area contributed by atoms with Crippen LogP contribution in [0.2, 0.25) is 10.0 Å². The van der Waals surface area contributed by atoms with Gasteiger partial charge in [-0.15, -0.1) is 11.3 Å². The molecule has 0 N–H and O–H groups in total. The molecule has 0 bridgehead atoms. The number of hydrogen-bond acceptors (Lipinski definition) is 5. The van der Waals surface area contributed by atoms with Crippen LogP contribution >= 0.6 is 34.5 Å². The van der Waals surface area contributed by atoms with Crippen molar-refractivity contribution in [2.24, 2.45) is 0 Å². The Kier molecular flexibility index (Phi) is 6.03. The van der Waals surface area contributed by atoms with Gasteiger partial charge in [0.2, 0.25) is 0 Å². The van der Waals surface area contributed by atoms with Gasteiger partial charge in [-0.25, -0.2) is 22.2 Å². The van der Waals surface area contributed by atoms with Gasteiger partial charge in [0.15, 0.2) is 15.0 Å². The predicted molar refractivity (Wildman–Crippen MR) is 116 cm³/mol. The topological polar surface area (TPSA) is 50.3 Å². The molecular weight excluding hydrogens is 473 g/mol. The van der Waals surface area contributed by atoms with E-state index < -0.39 is 26.7 Å². The number of thiazole rings is 1. The highest BCUT2D eigenvalue weighted by atomic mass is 35.5. The van der Waals surface area contributed by atoms with E-state index in [0.717, 1.165) is 6.07 Å². The average Bonchev–Trinajstić information content (AvgIpc) is 3.20. The van der Waals surface area contributed by atoms with Gasteiger partial charge in [0.05, 0.1) is 25.9 Å². The van der Waals surface area contributed by atoms with E-state index in [9.17, 15) is 17.2 Å². The molecular formula is C20H16Cl2F2N2O2S2. The highest BCUT2D eigenvalue weighted by Crippen LogP contribution is 2.35. The van der Waals surface area contributed by atoms with E-state index in [1.807, 2.05) is 4.90 Å². The molecule has 1 aliphatic rings. The summed E-state index contributed by atoms with van der Waals surface area (Å²) < 4.78 is 53.0. The zero-order valence-electron chi connectivity index (χ0n) is 15.5. The number of anilines is 1. The van der Waals surface area contributed by atoms with Gasteiger partial charge in [-0.05, 0) is 37.1 Å². The molecule has 2 heterocycles. The summed E-state index contributed by atoms with van der Waals surface area (Å²) in [6.07, 6.45) is 0.823. The first-order valence-electron chi connectivity index (χ1n) is 9.10. The molecule has 0 aliphatic carbocycles. The third-order valence-electron chi connectivity index (χ3n) is 5.02. The van der Waals surface area contributed by atoms with E-state index in [0.29, 0.717) is 42.3 Å². The molecule has 0 atom stereocenters. The highest BCUT2D eigenvalue weighted by Gasteiger charge is 2.33. The third-order valence-corrected chi connectivity index (χ3v) is 9.16. The van der Waals surface area contributed by atoms with Crippen LogP contribution in [0.5, 0.6) is 0 Å². The summed E-state index contributed by atoms with van der Waals surface area (Å²) in [6.45, 7) is 0.985. The fourth-order valence-corrected chi connectivity index (χ4v) is 6.87. The third kappa shape index (κ3) is 4.19. The van der Waals surface area contributed by atoms with E-state index in [1.165, 1.54) is 29.5 Å². The number of hydrogen-bond donors (Lipinski definition) is 0. The number of sulfone groups is 1. The summed E-state index contributed by atoms with van der Waals surface area (Å²) in [5.74, 6) is -1.32. The second kappa shape index (κ2) is 8.42. The Bertz CT molecular complexity index is 1170. The van der Waals surface area contributed by atoms with Gasteiger partial charge in [0.1, 0.15) is 11.6 Å². The SMILES string of the molecule is O=S(=O)(c1cccc(Cl)c1Cl)C1CCN(c2nc(-c3cc(F)cc(F)c3)cs2)CC1. The Morgan fingerprint density at radius 2 is 1.73 bits per heavy atom. The maximum Gasteiger partial charge on any atom is 0.185 e. The number of nitrogens with zero attached hydrogens (tertiary/aromatic N) is 2. The molecule has 1 aliphatic heterocycles. The molecule has 0 saturated carbocycles. The lowest BCUT2D eigenvalue weighted by Gasteiger charge is -2.31. The van der Waals surface area contributed by atoms with Crippen LogP contribution in [0.3, 0.4) is 0 Å². The summed E-state index contributed by atoms with van der Waals surface area (Å²) >= 11 is 13.5. The number of piperidine rings is 1. The van der Waals surface area contributed by atoms with E-state index in [-0.39, 0.29) is 14.9 Å². The molecule has 158 valence electrons. The molecule has 4 rings (SSSR count). The lowest BCUT2D eigenvalue weighted by Crippen LogP contribution is -2.39. The molecule has 1 fully saturated rings. The second-order valence-electron chi connectivity index (χ2n) is 6.96. The summed E-state index contributed by atoms with van der Waals surface area (Å²) in [5, 5.41) is 2.11. The normalized spacial score (nSPS) is 15.5. The predicted octanol–water partition coefficient (Wildman–Crippen LogP) is 5.84. The summed E-state index contributed by atoms with van der Waals surface area (Å²) in [5.41, 5.74) is 0.844.